The number of hydrogen-bond donors (Lipinski definition) is 3. The molecule has 3 N–H and O–H groups in total. The summed E-state index contributed by atoms with van der Waals surface area (Å²) >= 11 is 0. The Hall–Kier alpha value is -0.160. The third-order valence-corrected chi connectivity index (χ3v) is 4.31. The summed E-state index contributed by atoms with van der Waals surface area (Å²) in [6, 6.07) is 0. The van der Waals surface area contributed by atoms with Crippen molar-refractivity contribution in [2.24, 2.45) is 5.41 Å². The predicted octanol–water partition coefficient (Wildman–Crippen LogP) is 1.22. The van der Waals surface area contributed by atoms with Crippen LogP contribution in [0, 0.1) is 5.41 Å². The molecule has 0 aromatic carbocycles. The van der Waals surface area contributed by atoms with E-state index in [-0.39, 0.29) is 13.2 Å². The number of hydrogen-bond acceptors (Lipinski definition) is 4. The van der Waals surface area contributed by atoms with Gasteiger partial charge >= 0.3 is 0 Å². The second kappa shape index (κ2) is 9.70. The molecular weight excluding hydrogens is 240 g/mol. The van der Waals surface area contributed by atoms with E-state index < -0.39 is 0 Å². The Labute approximate surface area is 118 Å². The van der Waals surface area contributed by atoms with Gasteiger partial charge in [-0.25, -0.2) is 0 Å². The zero-order chi connectivity index (χ0) is 14.0. The normalized spacial score (nSPS) is 19.6. The van der Waals surface area contributed by atoms with Crippen molar-refractivity contribution in [1.29, 1.82) is 0 Å². The van der Waals surface area contributed by atoms with Crippen LogP contribution in [0.2, 0.25) is 0 Å². The Kier molecular flexibility index (Phi) is 8.62. The number of aliphatic hydroxyl groups excluding tert-OH is 2. The minimum absolute atomic E-state index is 0.178. The molecule has 19 heavy (non-hydrogen) atoms. The molecule has 0 aromatic heterocycles. The second-order valence-corrected chi connectivity index (χ2v) is 5.92. The van der Waals surface area contributed by atoms with Gasteiger partial charge in [0.15, 0.2) is 0 Å². The maximum absolute atomic E-state index is 9.17. The zero-order valence-corrected chi connectivity index (χ0v) is 12.5. The van der Waals surface area contributed by atoms with Crippen molar-refractivity contribution in [1.82, 2.24) is 10.2 Å². The largest absolute Gasteiger partial charge is 0.395 e. The molecule has 114 valence electrons. The van der Waals surface area contributed by atoms with Crippen LogP contribution in [-0.2, 0) is 0 Å². The molecule has 1 fully saturated rings. The third-order valence-electron chi connectivity index (χ3n) is 4.31. The molecular formula is C15H32N2O2. The lowest BCUT2D eigenvalue weighted by atomic mass is 9.79. The fraction of sp³-hybridized carbons (Fsp3) is 1.00. The maximum atomic E-state index is 9.17. The van der Waals surface area contributed by atoms with E-state index in [0.29, 0.717) is 18.5 Å². The first-order valence-electron chi connectivity index (χ1n) is 7.91. The van der Waals surface area contributed by atoms with E-state index in [1.165, 1.54) is 38.5 Å². The van der Waals surface area contributed by atoms with Gasteiger partial charge in [0.1, 0.15) is 0 Å². The Morgan fingerprint density at radius 1 is 1.00 bits per heavy atom. The van der Waals surface area contributed by atoms with Gasteiger partial charge in [0.05, 0.1) is 13.2 Å². The van der Waals surface area contributed by atoms with Crippen LogP contribution in [0.25, 0.3) is 0 Å². The Morgan fingerprint density at radius 2 is 1.58 bits per heavy atom. The first kappa shape index (κ1) is 16.9. The van der Waals surface area contributed by atoms with Crippen LogP contribution in [0.3, 0.4) is 0 Å². The lowest BCUT2D eigenvalue weighted by Crippen LogP contribution is -2.45. The van der Waals surface area contributed by atoms with E-state index in [1.54, 1.807) is 0 Å². The van der Waals surface area contributed by atoms with Crippen LogP contribution in [0.4, 0.5) is 0 Å². The highest BCUT2D eigenvalue weighted by Crippen LogP contribution is 2.35. The van der Waals surface area contributed by atoms with Gasteiger partial charge in [0.25, 0.3) is 0 Å². The Balaban J connectivity index is 2.64. The van der Waals surface area contributed by atoms with Gasteiger partial charge in [0, 0.05) is 26.2 Å². The summed E-state index contributed by atoms with van der Waals surface area (Å²) < 4.78 is 0. The van der Waals surface area contributed by atoms with Crippen molar-refractivity contribution < 1.29 is 10.2 Å². The van der Waals surface area contributed by atoms with E-state index in [4.69, 9.17) is 10.2 Å². The van der Waals surface area contributed by atoms with Crippen LogP contribution < -0.4 is 5.32 Å². The highest BCUT2D eigenvalue weighted by Gasteiger charge is 2.32. The number of nitrogens with zero attached hydrogens (tertiary/aromatic N) is 1. The standard InChI is InChI=1S/C15H32N2O2/c1-2-16-13-15(7-5-3-4-6-8-15)14-17(9-11-18)10-12-19/h16,18-19H,2-14H2,1H3. The summed E-state index contributed by atoms with van der Waals surface area (Å²) in [5, 5.41) is 21.9. The average Bonchev–Trinajstić information content (AvgIpc) is 2.63. The van der Waals surface area contributed by atoms with Gasteiger partial charge < -0.3 is 15.5 Å². The fourth-order valence-electron chi connectivity index (χ4n) is 3.29. The summed E-state index contributed by atoms with van der Waals surface area (Å²) in [7, 11) is 0. The lowest BCUT2D eigenvalue weighted by molar-refractivity contribution is 0.0923. The van der Waals surface area contributed by atoms with E-state index in [9.17, 15) is 0 Å². The van der Waals surface area contributed by atoms with E-state index in [2.05, 4.69) is 17.1 Å². The Morgan fingerprint density at radius 3 is 2.05 bits per heavy atom. The first-order chi connectivity index (χ1) is 9.26. The monoisotopic (exact) mass is 272 g/mol. The molecule has 0 radical (unpaired) electrons. The van der Waals surface area contributed by atoms with Crippen LogP contribution in [0.1, 0.15) is 45.4 Å². The highest BCUT2D eigenvalue weighted by molar-refractivity contribution is 4.87. The molecule has 0 aromatic rings. The number of nitrogens with one attached hydrogen (secondary N) is 1. The van der Waals surface area contributed by atoms with Crippen molar-refractivity contribution in [3.05, 3.63) is 0 Å². The van der Waals surface area contributed by atoms with E-state index in [0.717, 1.165) is 19.6 Å². The van der Waals surface area contributed by atoms with Gasteiger partial charge in [-0.2, -0.15) is 0 Å². The van der Waals surface area contributed by atoms with Crippen LogP contribution >= 0.6 is 0 Å². The lowest BCUT2D eigenvalue weighted by Gasteiger charge is -2.38. The molecule has 0 bridgehead atoms. The smallest absolute Gasteiger partial charge is 0.0558 e. The van der Waals surface area contributed by atoms with Gasteiger partial charge in [-0.3, -0.25) is 4.90 Å². The van der Waals surface area contributed by atoms with Gasteiger partial charge in [-0.05, 0) is 24.8 Å². The summed E-state index contributed by atoms with van der Waals surface area (Å²) in [6.45, 7) is 6.95. The van der Waals surface area contributed by atoms with Crippen molar-refractivity contribution >= 4 is 0 Å². The van der Waals surface area contributed by atoms with E-state index >= 15 is 0 Å². The third kappa shape index (κ3) is 6.21. The molecule has 0 aliphatic heterocycles. The highest BCUT2D eigenvalue weighted by atomic mass is 16.3. The van der Waals surface area contributed by atoms with Crippen molar-refractivity contribution in [2.75, 3.05) is 45.9 Å². The molecule has 0 unspecified atom stereocenters. The molecule has 1 aliphatic rings. The van der Waals surface area contributed by atoms with E-state index in [1.807, 2.05) is 0 Å². The minimum Gasteiger partial charge on any atom is -0.395 e. The molecule has 0 saturated heterocycles. The SMILES string of the molecule is CCNCC1(CN(CCO)CCO)CCCCCC1. The topological polar surface area (TPSA) is 55.7 Å². The predicted molar refractivity (Wildman–Crippen MR) is 79.3 cm³/mol. The summed E-state index contributed by atoms with van der Waals surface area (Å²) in [5.74, 6) is 0. The molecule has 1 saturated carbocycles. The van der Waals surface area contributed by atoms with Gasteiger partial charge in [-0.15, -0.1) is 0 Å². The van der Waals surface area contributed by atoms with Gasteiger partial charge in [-0.1, -0.05) is 32.6 Å². The maximum Gasteiger partial charge on any atom is 0.0558 e. The molecule has 1 rings (SSSR count). The summed E-state index contributed by atoms with van der Waals surface area (Å²) in [4.78, 5) is 2.22. The minimum atomic E-state index is 0.178. The first-order valence-corrected chi connectivity index (χ1v) is 7.91. The zero-order valence-electron chi connectivity index (χ0n) is 12.5. The molecule has 0 atom stereocenters. The summed E-state index contributed by atoms with van der Waals surface area (Å²) in [5.41, 5.74) is 0.330. The molecule has 0 amide bonds. The molecule has 4 nitrogen and oxygen atoms in total. The van der Waals surface area contributed by atoms with Gasteiger partial charge in [0.2, 0.25) is 0 Å². The van der Waals surface area contributed by atoms with Crippen LogP contribution in [-0.4, -0.2) is 61.1 Å². The number of rotatable bonds is 9. The van der Waals surface area contributed by atoms with Crippen molar-refractivity contribution in [2.45, 2.75) is 45.4 Å². The Bertz CT molecular complexity index is 210. The van der Waals surface area contributed by atoms with Crippen LogP contribution in [0.15, 0.2) is 0 Å². The number of aliphatic hydroxyl groups is 2. The quantitative estimate of drug-likeness (QED) is 0.553. The van der Waals surface area contributed by atoms with Crippen LogP contribution in [0.5, 0.6) is 0 Å². The fourth-order valence-corrected chi connectivity index (χ4v) is 3.29. The van der Waals surface area contributed by atoms with Crippen molar-refractivity contribution in [3.63, 3.8) is 0 Å². The van der Waals surface area contributed by atoms with Crippen molar-refractivity contribution in [3.8, 4) is 0 Å². The molecule has 4 heteroatoms. The molecule has 1 aliphatic carbocycles. The second-order valence-electron chi connectivity index (χ2n) is 5.92. The summed E-state index contributed by atoms with van der Waals surface area (Å²) in [6.07, 6.45) is 7.89. The molecule has 0 heterocycles. The molecule has 0 spiro atoms. The average molecular weight is 272 g/mol.